The molecule has 3 aromatic rings. The summed E-state index contributed by atoms with van der Waals surface area (Å²) in [5, 5.41) is 8.95. The highest BCUT2D eigenvalue weighted by Crippen LogP contribution is 2.28. The van der Waals surface area contributed by atoms with E-state index in [0.29, 0.717) is 48.6 Å². The molecule has 1 fully saturated rings. The lowest BCUT2D eigenvalue weighted by atomic mass is 10.1. The molecule has 4 rings (SSSR count). The van der Waals surface area contributed by atoms with Crippen LogP contribution in [0, 0.1) is 24.1 Å². The third-order valence-corrected chi connectivity index (χ3v) is 5.14. The summed E-state index contributed by atoms with van der Waals surface area (Å²) in [6.45, 7) is 2.93. The summed E-state index contributed by atoms with van der Waals surface area (Å²) in [5.74, 6) is 0.299. The number of imidazole rings is 1. The van der Waals surface area contributed by atoms with Gasteiger partial charge in [0.1, 0.15) is 18.1 Å². The summed E-state index contributed by atoms with van der Waals surface area (Å²) < 4.78 is 29.9. The number of nitrogens with zero attached hydrogens (tertiary/aromatic N) is 5. The van der Waals surface area contributed by atoms with Crippen LogP contribution in [0.1, 0.15) is 23.2 Å². The molecular weight excluding hydrogens is 362 g/mol. The van der Waals surface area contributed by atoms with Gasteiger partial charge in [-0.3, -0.25) is 4.98 Å². The summed E-state index contributed by atoms with van der Waals surface area (Å²) in [5.41, 5.74) is 8.97. The van der Waals surface area contributed by atoms with E-state index in [0.717, 1.165) is 11.2 Å². The summed E-state index contributed by atoms with van der Waals surface area (Å²) in [4.78, 5) is 10.9. The molecule has 144 valence electrons. The third kappa shape index (κ3) is 3.29. The number of pyridine rings is 1. The van der Waals surface area contributed by atoms with Gasteiger partial charge in [0.2, 0.25) is 5.95 Å². The number of hydrogen-bond acceptors (Lipinski definition) is 5. The second-order valence-corrected chi connectivity index (χ2v) is 7.15. The first-order valence-electron chi connectivity index (χ1n) is 9.12. The van der Waals surface area contributed by atoms with E-state index in [4.69, 9.17) is 11.0 Å². The van der Waals surface area contributed by atoms with Gasteiger partial charge in [0, 0.05) is 25.4 Å². The smallest absolute Gasteiger partial charge is 0.206 e. The van der Waals surface area contributed by atoms with Crippen LogP contribution in [-0.2, 0) is 6.54 Å². The Hall–Kier alpha value is -3.05. The number of aryl methyl sites for hydroxylation is 1. The lowest BCUT2D eigenvalue weighted by Gasteiger charge is -2.34. The minimum atomic E-state index is -1.03. The monoisotopic (exact) mass is 382 g/mol. The number of nitrogens with two attached hydrogens (primary N) is 1. The van der Waals surface area contributed by atoms with E-state index in [1.807, 2.05) is 15.5 Å². The van der Waals surface area contributed by atoms with Crippen molar-refractivity contribution in [1.29, 1.82) is 5.26 Å². The molecule has 8 heteroatoms. The molecule has 1 aliphatic heterocycles. The number of anilines is 1. The SMILES string of the molecule is Cc1cc2c(cc1F)nc(N1CC[C@@H](F)[C@H](N)C1)n2Cc1ccc(C#N)cn1. The number of nitriles is 1. The largest absolute Gasteiger partial charge is 0.340 e. The van der Waals surface area contributed by atoms with Crippen molar-refractivity contribution < 1.29 is 8.78 Å². The Balaban J connectivity index is 1.79. The van der Waals surface area contributed by atoms with E-state index in [1.165, 1.54) is 12.3 Å². The van der Waals surface area contributed by atoms with Gasteiger partial charge < -0.3 is 15.2 Å². The Kier molecular flexibility index (Phi) is 4.69. The van der Waals surface area contributed by atoms with Crippen molar-refractivity contribution in [3.63, 3.8) is 0 Å². The van der Waals surface area contributed by atoms with Crippen molar-refractivity contribution >= 4 is 17.0 Å². The minimum Gasteiger partial charge on any atom is -0.340 e. The topological polar surface area (TPSA) is 83.8 Å². The minimum absolute atomic E-state index is 0.320. The summed E-state index contributed by atoms with van der Waals surface area (Å²) >= 11 is 0. The fraction of sp³-hybridized carbons (Fsp3) is 0.350. The molecule has 0 aliphatic carbocycles. The van der Waals surface area contributed by atoms with Crippen LogP contribution in [0.2, 0.25) is 0 Å². The van der Waals surface area contributed by atoms with Gasteiger partial charge in [-0.15, -0.1) is 0 Å². The van der Waals surface area contributed by atoms with Crippen LogP contribution >= 0.6 is 0 Å². The zero-order chi connectivity index (χ0) is 19.8. The number of hydrogen-bond donors (Lipinski definition) is 1. The maximum Gasteiger partial charge on any atom is 0.206 e. The van der Waals surface area contributed by atoms with E-state index in [9.17, 15) is 8.78 Å². The molecule has 0 spiro atoms. The van der Waals surface area contributed by atoms with Gasteiger partial charge in [-0.1, -0.05) is 0 Å². The van der Waals surface area contributed by atoms with Crippen molar-refractivity contribution in [2.45, 2.75) is 32.1 Å². The molecule has 0 unspecified atom stereocenters. The van der Waals surface area contributed by atoms with Crippen molar-refractivity contribution in [1.82, 2.24) is 14.5 Å². The van der Waals surface area contributed by atoms with E-state index >= 15 is 0 Å². The third-order valence-electron chi connectivity index (χ3n) is 5.14. The molecule has 0 amide bonds. The Morgan fingerprint density at radius 2 is 2.18 bits per heavy atom. The molecule has 0 saturated carbocycles. The molecule has 0 radical (unpaired) electrons. The highest BCUT2D eigenvalue weighted by atomic mass is 19.1. The summed E-state index contributed by atoms with van der Waals surface area (Å²) in [6, 6.07) is 8.12. The Morgan fingerprint density at radius 1 is 1.36 bits per heavy atom. The van der Waals surface area contributed by atoms with Gasteiger partial charge in [0.15, 0.2) is 0 Å². The molecule has 2 atom stereocenters. The number of rotatable bonds is 3. The summed E-state index contributed by atoms with van der Waals surface area (Å²) in [6.07, 6.45) is 0.810. The van der Waals surface area contributed by atoms with Gasteiger partial charge >= 0.3 is 0 Å². The molecule has 0 bridgehead atoms. The molecule has 3 heterocycles. The normalized spacial score (nSPS) is 19.8. The highest BCUT2D eigenvalue weighted by molar-refractivity contribution is 5.80. The molecule has 2 N–H and O–H groups in total. The van der Waals surface area contributed by atoms with Gasteiger partial charge in [-0.25, -0.2) is 13.8 Å². The van der Waals surface area contributed by atoms with Crippen LogP contribution in [-0.4, -0.2) is 39.8 Å². The number of fused-ring (bicyclic) bond motifs is 1. The van der Waals surface area contributed by atoms with Crippen molar-refractivity contribution in [2.75, 3.05) is 18.0 Å². The zero-order valence-corrected chi connectivity index (χ0v) is 15.4. The second-order valence-electron chi connectivity index (χ2n) is 7.15. The second kappa shape index (κ2) is 7.17. The predicted octanol–water partition coefficient (Wildman–Crippen LogP) is 2.67. The van der Waals surface area contributed by atoms with Crippen molar-refractivity contribution in [3.05, 3.63) is 53.1 Å². The summed E-state index contributed by atoms with van der Waals surface area (Å²) in [7, 11) is 0. The van der Waals surface area contributed by atoms with E-state index in [2.05, 4.69) is 9.97 Å². The van der Waals surface area contributed by atoms with Gasteiger partial charge in [0.05, 0.1) is 34.9 Å². The van der Waals surface area contributed by atoms with Crippen LogP contribution in [0.15, 0.2) is 30.5 Å². The number of benzene rings is 1. The Morgan fingerprint density at radius 3 is 2.86 bits per heavy atom. The van der Waals surface area contributed by atoms with E-state index in [-0.39, 0.29) is 5.82 Å². The average molecular weight is 382 g/mol. The van der Waals surface area contributed by atoms with Crippen LogP contribution in [0.3, 0.4) is 0 Å². The fourth-order valence-corrected chi connectivity index (χ4v) is 3.52. The van der Waals surface area contributed by atoms with Crippen LogP contribution in [0.4, 0.5) is 14.7 Å². The Labute approximate surface area is 161 Å². The number of aromatic nitrogens is 3. The van der Waals surface area contributed by atoms with Crippen molar-refractivity contribution in [2.24, 2.45) is 5.73 Å². The lowest BCUT2D eigenvalue weighted by molar-refractivity contribution is 0.243. The molecule has 2 aromatic heterocycles. The van der Waals surface area contributed by atoms with Crippen LogP contribution < -0.4 is 10.6 Å². The van der Waals surface area contributed by atoms with Gasteiger partial charge in [-0.05, 0) is 37.1 Å². The van der Waals surface area contributed by atoms with Crippen LogP contribution in [0.25, 0.3) is 11.0 Å². The average Bonchev–Trinajstić information content (AvgIpc) is 3.02. The van der Waals surface area contributed by atoms with E-state index in [1.54, 1.807) is 25.1 Å². The number of piperidine rings is 1. The maximum atomic E-state index is 14.1. The Bertz CT molecular complexity index is 1050. The molecule has 6 nitrogen and oxygen atoms in total. The van der Waals surface area contributed by atoms with Gasteiger partial charge in [0.25, 0.3) is 0 Å². The van der Waals surface area contributed by atoms with E-state index < -0.39 is 12.2 Å². The standard InChI is InChI=1S/C20H20F2N6/c1-12-6-19-18(7-16(12)22)26-20(27-5-4-15(21)17(24)11-27)28(19)10-14-3-2-13(8-23)9-25-14/h2-3,6-7,9,15,17H,4-5,10-11,24H2,1H3/t15-,17-/m1/s1. The predicted molar refractivity (Wildman–Crippen MR) is 102 cm³/mol. The first-order valence-corrected chi connectivity index (χ1v) is 9.12. The molecule has 1 aromatic carbocycles. The molecule has 28 heavy (non-hydrogen) atoms. The quantitative estimate of drug-likeness (QED) is 0.753. The molecule has 1 saturated heterocycles. The van der Waals surface area contributed by atoms with Crippen LogP contribution in [0.5, 0.6) is 0 Å². The van der Waals surface area contributed by atoms with Crippen molar-refractivity contribution in [3.8, 4) is 6.07 Å². The first-order chi connectivity index (χ1) is 13.5. The molecule has 1 aliphatic rings. The zero-order valence-electron chi connectivity index (χ0n) is 15.4. The maximum absolute atomic E-state index is 14.1. The lowest BCUT2D eigenvalue weighted by Crippen LogP contribution is -2.50. The fourth-order valence-electron chi connectivity index (χ4n) is 3.52. The highest BCUT2D eigenvalue weighted by Gasteiger charge is 2.29. The number of alkyl halides is 1. The molecular formula is C20H20F2N6. The van der Waals surface area contributed by atoms with Gasteiger partial charge in [-0.2, -0.15) is 5.26 Å². The number of halogens is 2. The first kappa shape index (κ1) is 18.3.